The monoisotopic (exact) mass is 332 g/mol. The normalized spacial score (nSPS) is 11.1. The average Bonchev–Trinajstić information content (AvgIpc) is 3.28. The number of rotatable bonds is 6. The lowest BCUT2D eigenvalue weighted by atomic mass is 10.1. The van der Waals surface area contributed by atoms with Gasteiger partial charge in [-0.05, 0) is 18.4 Å². The van der Waals surface area contributed by atoms with Crippen LogP contribution in [0.25, 0.3) is 16.9 Å². The summed E-state index contributed by atoms with van der Waals surface area (Å²) in [6.45, 7) is 0.863. The molecule has 3 aromatic heterocycles. The molecule has 6 heteroatoms. The van der Waals surface area contributed by atoms with Gasteiger partial charge in [0.2, 0.25) is 0 Å². The van der Waals surface area contributed by atoms with Gasteiger partial charge < -0.3 is 5.32 Å². The molecule has 25 heavy (non-hydrogen) atoms. The molecule has 0 aliphatic rings. The fourth-order valence-corrected chi connectivity index (χ4v) is 2.91. The lowest BCUT2D eigenvalue weighted by Gasteiger charge is -2.10. The molecule has 0 amide bonds. The number of nitrogens with one attached hydrogen (secondary N) is 1. The Morgan fingerprint density at radius 2 is 1.96 bits per heavy atom. The predicted octanol–water partition coefficient (Wildman–Crippen LogP) is 3.17. The van der Waals surface area contributed by atoms with Crippen molar-refractivity contribution >= 4 is 11.5 Å². The van der Waals surface area contributed by atoms with Crippen molar-refractivity contribution in [1.82, 2.24) is 24.4 Å². The van der Waals surface area contributed by atoms with Crippen LogP contribution in [0.1, 0.15) is 12.0 Å². The van der Waals surface area contributed by atoms with Crippen LogP contribution >= 0.6 is 0 Å². The first-order valence-electron chi connectivity index (χ1n) is 8.41. The van der Waals surface area contributed by atoms with Gasteiger partial charge in [0.15, 0.2) is 5.65 Å². The second-order valence-electron chi connectivity index (χ2n) is 6.05. The van der Waals surface area contributed by atoms with E-state index in [1.54, 1.807) is 6.20 Å². The van der Waals surface area contributed by atoms with Gasteiger partial charge in [-0.3, -0.25) is 4.68 Å². The number of benzene rings is 1. The zero-order valence-electron chi connectivity index (χ0n) is 14.1. The van der Waals surface area contributed by atoms with E-state index in [0.717, 1.165) is 42.1 Å². The Labute approximate surface area is 146 Å². The Hall–Kier alpha value is -3.15. The van der Waals surface area contributed by atoms with Gasteiger partial charge in [0, 0.05) is 37.5 Å². The molecule has 4 rings (SSSR count). The van der Waals surface area contributed by atoms with Crippen LogP contribution in [0.4, 0.5) is 5.82 Å². The second-order valence-corrected chi connectivity index (χ2v) is 6.05. The Bertz CT molecular complexity index is 970. The molecule has 3 heterocycles. The summed E-state index contributed by atoms with van der Waals surface area (Å²) in [6.07, 6.45) is 7.78. The largest absolute Gasteiger partial charge is 0.370 e. The fourth-order valence-electron chi connectivity index (χ4n) is 2.91. The number of nitrogens with zero attached hydrogens (tertiary/aromatic N) is 5. The highest BCUT2D eigenvalue weighted by molar-refractivity contribution is 5.66. The van der Waals surface area contributed by atoms with Crippen LogP contribution in [0, 0.1) is 0 Å². The molecule has 0 saturated heterocycles. The van der Waals surface area contributed by atoms with Crippen LogP contribution in [-0.2, 0) is 13.5 Å². The van der Waals surface area contributed by atoms with Crippen molar-refractivity contribution < 1.29 is 0 Å². The van der Waals surface area contributed by atoms with Crippen LogP contribution in [0.5, 0.6) is 0 Å². The average molecular weight is 332 g/mol. The third-order valence-corrected chi connectivity index (χ3v) is 4.14. The van der Waals surface area contributed by atoms with E-state index in [-0.39, 0.29) is 0 Å². The maximum atomic E-state index is 4.69. The van der Waals surface area contributed by atoms with Gasteiger partial charge in [-0.25, -0.2) is 4.98 Å². The molecule has 0 aliphatic carbocycles. The molecule has 0 saturated carbocycles. The van der Waals surface area contributed by atoms with E-state index < -0.39 is 0 Å². The fraction of sp³-hybridized carbons (Fsp3) is 0.211. The molecule has 6 nitrogen and oxygen atoms in total. The minimum Gasteiger partial charge on any atom is -0.370 e. The van der Waals surface area contributed by atoms with Crippen molar-refractivity contribution in [2.75, 3.05) is 11.9 Å². The maximum absolute atomic E-state index is 4.69. The van der Waals surface area contributed by atoms with Gasteiger partial charge in [-0.1, -0.05) is 30.3 Å². The minimum absolute atomic E-state index is 0.844. The van der Waals surface area contributed by atoms with Crippen LogP contribution in [0.2, 0.25) is 0 Å². The van der Waals surface area contributed by atoms with E-state index in [0.29, 0.717) is 0 Å². The zero-order chi connectivity index (χ0) is 17.1. The lowest BCUT2D eigenvalue weighted by molar-refractivity contribution is 0.765. The van der Waals surface area contributed by atoms with Gasteiger partial charge in [-0.15, -0.1) is 0 Å². The van der Waals surface area contributed by atoms with Gasteiger partial charge in [-0.2, -0.15) is 14.7 Å². The molecule has 0 atom stereocenters. The number of aryl methyl sites for hydroxylation is 2. The van der Waals surface area contributed by atoms with E-state index in [1.807, 2.05) is 46.7 Å². The lowest BCUT2D eigenvalue weighted by Crippen LogP contribution is -2.08. The van der Waals surface area contributed by atoms with Crippen LogP contribution in [0.3, 0.4) is 0 Å². The summed E-state index contributed by atoms with van der Waals surface area (Å²) in [5.74, 6) is 0.958. The molecule has 0 bridgehead atoms. The maximum Gasteiger partial charge on any atom is 0.157 e. The molecule has 0 spiro atoms. The number of anilines is 1. The molecule has 0 unspecified atom stereocenters. The number of hydrogen-bond donors (Lipinski definition) is 1. The van der Waals surface area contributed by atoms with Gasteiger partial charge >= 0.3 is 0 Å². The van der Waals surface area contributed by atoms with E-state index in [9.17, 15) is 0 Å². The first-order chi connectivity index (χ1) is 12.3. The summed E-state index contributed by atoms with van der Waals surface area (Å²) in [6, 6.07) is 14.2. The van der Waals surface area contributed by atoms with E-state index in [2.05, 4.69) is 39.9 Å². The first kappa shape index (κ1) is 15.4. The van der Waals surface area contributed by atoms with Gasteiger partial charge in [0.05, 0.1) is 18.1 Å². The molecule has 4 aromatic rings. The highest BCUT2D eigenvalue weighted by Gasteiger charge is 2.08. The van der Waals surface area contributed by atoms with E-state index >= 15 is 0 Å². The Balaban J connectivity index is 1.51. The third kappa shape index (κ3) is 3.38. The summed E-state index contributed by atoms with van der Waals surface area (Å²) >= 11 is 0. The number of aromatic nitrogens is 5. The minimum atomic E-state index is 0.844. The Kier molecular flexibility index (Phi) is 4.16. The van der Waals surface area contributed by atoms with Crippen molar-refractivity contribution in [3.8, 4) is 11.3 Å². The van der Waals surface area contributed by atoms with Crippen LogP contribution in [-0.4, -0.2) is 30.9 Å². The number of hydrogen-bond acceptors (Lipinski definition) is 4. The van der Waals surface area contributed by atoms with Crippen LogP contribution < -0.4 is 5.32 Å². The SMILES string of the molecule is Cn1cc(CCCNc2cc(-c3ccccc3)nc3ccnn23)cn1. The molecular formula is C19H20N6. The second kappa shape index (κ2) is 6.76. The van der Waals surface area contributed by atoms with Gasteiger partial charge in [0.1, 0.15) is 5.82 Å². The van der Waals surface area contributed by atoms with E-state index in [1.165, 1.54) is 5.56 Å². The third-order valence-electron chi connectivity index (χ3n) is 4.14. The van der Waals surface area contributed by atoms with Crippen molar-refractivity contribution in [1.29, 1.82) is 0 Å². The molecule has 0 radical (unpaired) electrons. The van der Waals surface area contributed by atoms with Gasteiger partial charge in [0.25, 0.3) is 0 Å². The van der Waals surface area contributed by atoms with Crippen molar-refractivity contribution in [2.45, 2.75) is 12.8 Å². The smallest absolute Gasteiger partial charge is 0.157 e. The summed E-state index contributed by atoms with van der Waals surface area (Å²) in [4.78, 5) is 4.69. The predicted molar refractivity (Wildman–Crippen MR) is 98.4 cm³/mol. The van der Waals surface area contributed by atoms with Crippen molar-refractivity contribution in [3.05, 3.63) is 66.6 Å². The molecule has 126 valence electrons. The summed E-state index contributed by atoms with van der Waals surface area (Å²) < 4.78 is 3.68. The number of fused-ring (bicyclic) bond motifs is 1. The molecule has 1 aromatic carbocycles. The Morgan fingerprint density at radius 3 is 2.76 bits per heavy atom. The molecule has 0 aliphatic heterocycles. The molecule has 0 fully saturated rings. The highest BCUT2D eigenvalue weighted by Crippen LogP contribution is 2.21. The first-order valence-corrected chi connectivity index (χ1v) is 8.41. The quantitative estimate of drug-likeness (QED) is 0.551. The Morgan fingerprint density at radius 1 is 1.08 bits per heavy atom. The summed E-state index contributed by atoms with van der Waals surface area (Å²) in [5.41, 5.74) is 4.15. The summed E-state index contributed by atoms with van der Waals surface area (Å²) in [7, 11) is 1.94. The molecular weight excluding hydrogens is 312 g/mol. The van der Waals surface area contributed by atoms with E-state index in [4.69, 9.17) is 4.98 Å². The summed E-state index contributed by atoms with van der Waals surface area (Å²) in [5, 5.41) is 12.1. The van der Waals surface area contributed by atoms with Crippen LogP contribution in [0.15, 0.2) is 61.1 Å². The standard InChI is InChI=1S/C19H20N6/c1-24-14-15(13-22-24)6-5-10-20-19-12-17(16-7-3-2-4-8-16)23-18-9-11-21-25(18)19/h2-4,7-9,11-14,20H,5-6,10H2,1H3. The molecule has 1 N–H and O–H groups in total. The topological polar surface area (TPSA) is 60.0 Å². The highest BCUT2D eigenvalue weighted by atomic mass is 15.3. The zero-order valence-corrected chi connectivity index (χ0v) is 14.1. The van der Waals surface area contributed by atoms with Crippen molar-refractivity contribution in [2.24, 2.45) is 7.05 Å². The van der Waals surface area contributed by atoms with Crippen molar-refractivity contribution in [3.63, 3.8) is 0 Å².